The quantitative estimate of drug-likeness (QED) is 0.766. The fourth-order valence-electron chi connectivity index (χ4n) is 3.40. The topological polar surface area (TPSA) is 45.5 Å². The molecule has 0 amide bonds. The van der Waals surface area contributed by atoms with Gasteiger partial charge in [-0.15, -0.1) is 0 Å². The van der Waals surface area contributed by atoms with Gasteiger partial charge in [-0.25, -0.2) is 0 Å². The number of rotatable bonds is 3. The van der Waals surface area contributed by atoms with E-state index in [1.165, 1.54) is 6.42 Å². The average Bonchev–Trinajstić information content (AvgIpc) is 2.81. The van der Waals surface area contributed by atoms with Crippen molar-refractivity contribution in [3.8, 4) is 6.07 Å². The zero-order valence-electron chi connectivity index (χ0n) is 11.6. The summed E-state index contributed by atoms with van der Waals surface area (Å²) in [7, 11) is 3.48. The molecule has 18 heavy (non-hydrogen) atoms. The van der Waals surface area contributed by atoms with E-state index in [0.29, 0.717) is 6.04 Å². The second-order valence-electron chi connectivity index (χ2n) is 5.72. The van der Waals surface area contributed by atoms with Crippen LogP contribution in [0.2, 0.25) is 0 Å². The van der Waals surface area contributed by atoms with E-state index in [9.17, 15) is 5.26 Å². The van der Waals surface area contributed by atoms with Crippen molar-refractivity contribution < 1.29 is 9.47 Å². The highest BCUT2D eigenvalue weighted by Gasteiger charge is 2.41. The first kappa shape index (κ1) is 13.8. The Morgan fingerprint density at radius 3 is 2.22 bits per heavy atom. The van der Waals surface area contributed by atoms with Crippen molar-refractivity contribution in [2.45, 2.75) is 44.4 Å². The number of methoxy groups -OCH3 is 2. The van der Waals surface area contributed by atoms with Gasteiger partial charge in [-0.05, 0) is 25.2 Å². The Morgan fingerprint density at radius 2 is 1.72 bits per heavy atom. The number of nitriles is 1. The molecule has 4 heteroatoms. The van der Waals surface area contributed by atoms with Crippen LogP contribution in [0, 0.1) is 23.2 Å². The third-order valence-electron chi connectivity index (χ3n) is 4.56. The van der Waals surface area contributed by atoms with Crippen molar-refractivity contribution in [1.29, 1.82) is 5.26 Å². The maximum atomic E-state index is 9.32. The molecule has 4 nitrogen and oxygen atoms in total. The van der Waals surface area contributed by atoms with Crippen molar-refractivity contribution >= 4 is 0 Å². The molecule has 2 fully saturated rings. The Morgan fingerprint density at radius 1 is 1.11 bits per heavy atom. The molecule has 0 radical (unpaired) electrons. The van der Waals surface area contributed by atoms with E-state index in [-0.39, 0.29) is 18.1 Å². The second kappa shape index (κ2) is 6.01. The van der Waals surface area contributed by atoms with Crippen LogP contribution in [-0.4, -0.2) is 50.5 Å². The van der Waals surface area contributed by atoms with Crippen molar-refractivity contribution in [2.75, 3.05) is 27.3 Å². The lowest BCUT2D eigenvalue weighted by atomic mass is 9.79. The van der Waals surface area contributed by atoms with Crippen molar-refractivity contribution in [3.63, 3.8) is 0 Å². The lowest BCUT2D eigenvalue weighted by Crippen LogP contribution is -2.43. The average molecular weight is 252 g/mol. The molecule has 0 aromatic carbocycles. The number of nitrogens with zero attached hydrogens (tertiary/aromatic N) is 2. The highest BCUT2D eigenvalue weighted by Crippen LogP contribution is 2.34. The Bertz CT molecular complexity index is 303. The van der Waals surface area contributed by atoms with E-state index in [0.717, 1.165) is 31.8 Å². The van der Waals surface area contributed by atoms with Gasteiger partial charge in [-0.3, -0.25) is 4.90 Å². The summed E-state index contributed by atoms with van der Waals surface area (Å²) in [6.45, 7) is 4.08. The van der Waals surface area contributed by atoms with Crippen LogP contribution in [0.15, 0.2) is 0 Å². The van der Waals surface area contributed by atoms with E-state index < -0.39 is 0 Å². The number of likely N-dealkylation sites (tertiary alicyclic amines) is 1. The van der Waals surface area contributed by atoms with E-state index in [1.54, 1.807) is 14.2 Å². The van der Waals surface area contributed by atoms with Crippen molar-refractivity contribution in [1.82, 2.24) is 4.90 Å². The van der Waals surface area contributed by atoms with E-state index >= 15 is 0 Å². The maximum absolute atomic E-state index is 9.32. The zero-order valence-corrected chi connectivity index (χ0v) is 11.6. The predicted octanol–water partition coefficient (Wildman–Crippen LogP) is 1.66. The third-order valence-corrected chi connectivity index (χ3v) is 4.56. The highest BCUT2D eigenvalue weighted by atomic mass is 16.5. The summed E-state index contributed by atoms with van der Waals surface area (Å²) in [6, 6.07) is 2.88. The largest absolute Gasteiger partial charge is 0.377 e. The Kier molecular flexibility index (Phi) is 4.60. The molecular weight excluding hydrogens is 228 g/mol. The summed E-state index contributed by atoms with van der Waals surface area (Å²) in [4.78, 5) is 2.41. The fourth-order valence-corrected chi connectivity index (χ4v) is 3.40. The lowest BCUT2D eigenvalue weighted by molar-refractivity contribution is -0.00461. The first-order chi connectivity index (χ1) is 8.69. The first-order valence-electron chi connectivity index (χ1n) is 6.88. The van der Waals surface area contributed by atoms with Crippen molar-refractivity contribution in [3.05, 3.63) is 0 Å². The van der Waals surface area contributed by atoms with Gasteiger partial charge >= 0.3 is 0 Å². The van der Waals surface area contributed by atoms with Crippen LogP contribution < -0.4 is 0 Å². The Hall–Kier alpha value is -0.630. The molecule has 1 heterocycles. The molecule has 2 aliphatic rings. The lowest BCUT2D eigenvalue weighted by Gasteiger charge is -2.37. The minimum absolute atomic E-state index is 0.145. The summed E-state index contributed by atoms with van der Waals surface area (Å²) in [6.07, 6.45) is 3.64. The summed E-state index contributed by atoms with van der Waals surface area (Å²) >= 11 is 0. The van der Waals surface area contributed by atoms with Gasteiger partial charge in [0.15, 0.2) is 0 Å². The molecular formula is C14H24N2O2. The summed E-state index contributed by atoms with van der Waals surface area (Å²) < 4.78 is 11.0. The molecule has 0 aromatic rings. The van der Waals surface area contributed by atoms with Crippen LogP contribution >= 0.6 is 0 Å². The normalized spacial score (nSPS) is 41.8. The molecule has 1 aliphatic carbocycles. The molecule has 1 saturated carbocycles. The van der Waals surface area contributed by atoms with Gasteiger partial charge < -0.3 is 9.47 Å². The number of ether oxygens (including phenoxy) is 2. The van der Waals surface area contributed by atoms with Gasteiger partial charge in [0.2, 0.25) is 0 Å². The van der Waals surface area contributed by atoms with Crippen LogP contribution in [-0.2, 0) is 9.47 Å². The van der Waals surface area contributed by atoms with Gasteiger partial charge in [0.25, 0.3) is 0 Å². The highest BCUT2D eigenvalue weighted by molar-refractivity contribution is 5.00. The molecule has 1 aliphatic heterocycles. The van der Waals surface area contributed by atoms with E-state index in [2.05, 4.69) is 17.9 Å². The van der Waals surface area contributed by atoms with Gasteiger partial charge in [-0.1, -0.05) is 6.92 Å². The van der Waals surface area contributed by atoms with E-state index in [1.807, 2.05) is 0 Å². The zero-order chi connectivity index (χ0) is 13.1. The molecule has 5 atom stereocenters. The van der Waals surface area contributed by atoms with Gasteiger partial charge in [0, 0.05) is 33.4 Å². The Labute approximate surface area is 110 Å². The van der Waals surface area contributed by atoms with Crippen LogP contribution in [0.4, 0.5) is 0 Å². The Balaban J connectivity index is 2.04. The molecule has 0 aromatic heterocycles. The molecule has 0 N–H and O–H groups in total. The van der Waals surface area contributed by atoms with Crippen LogP contribution in [0.3, 0.4) is 0 Å². The smallest absolute Gasteiger partial charge is 0.0971 e. The molecule has 0 spiro atoms. The van der Waals surface area contributed by atoms with Crippen LogP contribution in [0.25, 0.3) is 0 Å². The molecule has 0 bridgehead atoms. The molecule has 1 saturated heterocycles. The van der Waals surface area contributed by atoms with Gasteiger partial charge in [0.05, 0.1) is 24.2 Å². The fraction of sp³-hybridized carbons (Fsp3) is 0.929. The standard InChI is InChI=1S/C14H24N2O2/c1-10-4-5-11(7-15)12(6-10)16-8-13(17-2)14(9-16)18-3/h10-14H,4-6,8-9H2,1-3H3. The molecule has 102 valence electrons. The predicted molar refractivity (Wildman–Crippen MR) is 69.1 cm³/mol. The molecule has 5 unspecified atom stereocenters. The van der Waals surface area contributed by atoms with Gasteiger partial charge in [-0.2, -0.15) is 5.26 Å². The second-order valence-corrected chi connectivity index (χ2v) is 5.72. The summed E-state index contributed by atoms with van der Waals surface area (Å²) in [5.41, 5.74) is 0. The van der Waals surface area contributed by atoms with E-state index in [4.69, 9.17) is 9.47 Å². The SMILES string of the molecule is COC1CN(C2CC(C)CCC2C#N)CC1OC. The van der Waals surface area contributed by atoms with Crippen molar-refractivity contribution in [2.24, 2.45) is 11.8 Å². The minimum atomic E-state index is 0.145. The number of hydrogen-bond acceptors (Lipinski definition) is 4. The third kappa shape index (κ3) is 2.69. The van der Waals surface area contributed by atoms with Crippen LogP contribution in [0.1, 0.15) is 26.2 Å². The monoisotopic (exact) mass is 252 g/mol. The van der Waals surface area contributed by atoms with Gasteiger partial charge in [0.1, 0.15) is 0 Å². The minimum Gasteiger partial charge on any atom is -0.377 e. The maximum Gasteiger partial charge on any atom is 0.0971 e. The number of hydrogen-bond donors (Lipinski definition) is 0. The molecule has 2 rings (SSSR count). The van der Waals surface area contributed by atoms with Crippen LogP contribution in [0.5, 0.6) is 0 Å². The first-order valence-corrected chi connectivity index (χ1v) is 6.88. The summed E-state index contributed by atoms with van der Waals surface area (Å²) in [5, 5.41) is 9.32. The summed E-state index contributed by atoms with van der Waals surface area (Å²) in [5.74, 6) is 0.900.